The molecule has 3 aromatic heterocycles. The maximum Gasteiger partial charge on any atom is 0.297 e. The van der Waals surface area contributed by atoms with E-state index in [0.717, 1.165) is 5.56 Å². The molecule has 0 radical (unpaired) electrons. The van der Waals surface area contributed by atoms with E-state index in [-0.39, 0.29) is 48.6 Å². The van der Waals surface area contributed by atoms with Crippen LogP contribution in [0.4, 0.5) is 8.78 Å². The van der Waals surface area contributed by atoms with Gasteiger partial charge in [0.2, 0.25) is 0 Å². The molecule has 77 heavy (non-hydrogen) atoms. The average Bonchev–Trinajstić information content (AvgIpc) is 3.43. The van der Waals surface area contributed by atoms with Crippen LogP contribution in [0.3, 0.4) is 0 Å². The van der Waals surface area contributed by atoms with Gasteiger partial charge in [-0.05, 0) is 79.0 Å². The van der Waals surface area contributed by atoms with E-state index in [1.54, 1.807) is 49.5 Å². The van der Waals surface area contributed by atoms with Crippen molar-refractivity contribution in [3.8, 4) is 17.2 Å². The zero-order valence-corrected chi connectivity index (χ0v) is 44.0. The van der Waals surface area contributed by atoms with Gasteiger partial charge in [-0.1, -0.05) is 33.0 Å². The van der Waals surface area contributed by atoms with Crippen molar-refractivity contribution in [1.82, 2.24) is 15.0 Å². The predicted molar refractivity (Wildman–Crippen MR) is 274 cm³/mol. The van der Waals surface area contributed by atoms with E-state index in [2.05, 4.69) is 45.0 Å². The van der Waals surface area contributed by atoms with E-state index in [9.17, 15) is 17.2 Å². The molecule has 0 spiro atoms. The smallest absolute Gasteiger partial charge is 0.297 e. The van der Waals surface area contributed by atoms with Crippen LogP contribution < -0.4 is 9.47 Å². The number of azide groups is 3. The fraction of sp³-hybridized carbons (Fsp3) is 0.553. The molecule has 0 fully saturated rings. The number of nitrogens with zero attached hydrogens (tertiary/aromatic N) is 12. The summed E-state index contributed by atoms with van der Waals surface area (Å²) in [5.41, 5.74) is 25.8. The molecule has 0 saturated heterocycles. The minimum absolute atomic E-state index is 0.0568. The van der Waals surface area contributed by atoms with Gasteiger partial charge in [0.25, 0.3) is 22.0 Å². The molecule has 0 unspecified atom stereocenters. The molecule has 0 aliphatic heterocycles. The number of hydrogen-bond acceptors (Lipinski definition) is 21. The van der Waals surface area contributed by atoms with Crippen molar-refractivity contribution >= 4 is 10.1 Å². The molecule has 1 aromatic carbocycles. The van der Waals surface area contributed by atoms with Crippen molar-refractivity contribution in [3.63, 3.8) is 0 Å². The molecule has 4 aromatic rings. The lowest BCUT2D eigenvalue weighted by molar-refractivity contribution is 0.0103. The van der Waals surface area contributed by atoms with E-state index >= 15 is 0 Å². The van der Waals surface area contributed by atoms with Gasteiger partial charge in [0.05, 0.1) is 136 Å². The van der Waals surface area contributed by atoms with Gasteiger partial charge in [0, 0.05) is 53.0 Å². The second-order valence-electron chi connectivity index (χ2n) is 14.4. The molecule has 30 heteroatoms. The quantitative estimate of drug-likeness (QED) is 0.0116. The van der Waals surface area contributed by atoms with Gasteiger partial charge in [-0.2, -0.15) is 17.2 Å². The summed E-state index contributed by atoms with van der Waals surface area (Å²) < 4.78 is 112. The molecule has 0 saturated carbocycles. The van der Waals surface area contributed by atoms with Gasteiger partial charge in [-0.15, -0.1) is 0 Å². The maximum atomic E-state index is 13.1. The monoisotopic (exact) mass is 1110 g/mol. The largest absolute Gasteiger partial charge is 0.506 e. The van der Waals surface area contributed by atoms with Gasteiger partial charge in [-0.25, -0.2) is 9.97 Å². The Bertz CT molecular complexity index is 2250. The molecule has 426 valence electrons. The lowest BCUT2D eigenvalue weighted by Crippen LogP contribution is -2.14. The minimum atomic E-state index is -3.75. The van der Waals surface area contributed by atoms with Gasteiger partial charge in [-0.3, -0.25) is 9.17 Å². The Morgan fingerprint density at radius 3 is 1.12 bits per heavy atom. The van der Waals surface area contributed by atoms with Gasteiger partial charge >= 0.3 is 0 Å². The van der Waals surface area contributed by atoms with E-state index in [1.807, 2.05) is 6.92 Å². The first-order valence-electron chi connectivity index (χ1n) is 23.8. The molecule has 1 N–H and O–H groups in total. The topological polar surface area (TPSA) is 350 Å². The molecule has 3 heterocycles. The molecule has 0 aliphatic carbocycles. The second kappa shape index (κ2) is 49.0. The number of benzene rings is 1. The zero-order valence-electron chi connectivity index (χ0n) is 43.2. The molecule has 0 atom stereocenters. The van der Waals surface area contributed by atoms with Crippen LogP contribution in [0.5, 0.6) is 17.2 Å². The Morgan fingerprint density at radius 1 is 0.468 bits per heavy atom. The first-order chi connectivity index (χ1) is 37.5. The summed E-state index contributed by atoms with van der Waals surface area (Å²) in [4.78, 5) is 18.7. The average molecular weight is 1110 g/mol. The van der Waals surface area contributed by atoms with Crippen molar-refractivity contribution < 1.29 is 78.6 Å². The van der Waals surface area contributed by atoms with E-state index in [0.29, 0.717) is 138 Å². The van der Waals surface area contributed by atoms with Crippen LogP contribution in [-0.2, 0) is 56.9 Å². The zero-order chi connectivity index (χ0) is 56.1. The van der Waals surface area contributed by atoms with E-state index in [1.165, 1.54) is 36.7 Å². The molecular formula is C47H68F2N12O15S. The lowest BCUT2D eigenvalue weighted by Gasteiger charge is -2.08. The molecule has 0 aliphatic rings. The highest BCUT2D eigenvalue weighted by molar-refractivity contribution is 7.86. The highest BCUT2D eigenvalue weighted by Gasteiger charge is 2.14. The minimum Gasteiger partial charge on any atom is -0.506 e. The van der Waals surface area contributed by atoms with Crippen LogP contribution in [0, 0.1) is 25.7 Å². The van der Waals surface area contributed by atoms with Crippen molar-refractivity contribution in [2.24, 2.45) is 15.3 Å². The summed E-state index contributed by atoms with van der Waals surface area (Å²) >= 11 is 0. The molecule has 27 nitrogen and oxygen atoms in total. The van der Waals surface area contributed by atoms with Crippen LogP contribution in [0.2, 0.25) is 0 Å². The van der Waals surface area contributed by atoms with Crippen molar-refractivity contribution in [2.75, 3.05) is 158 Å². The first-order valence-corrected chi connectivity index (χ1v) is 25.2. The van der Waals surface area contributed by atoms with Crippen molar-refractivity contribution in [2.45, 2.75) is 18.7 Å². The summed E-state index contributed by atoms with van der Waals surface area (Å²) in [5.74, 6) is -0.787. The summed E-state index contributed by atoms with van der Waals surface area (Å²) in [6, 6.07) is 16.0. The van der Waals surface area contributed by atoms with E-state index in [4.69, 9.17) is 78.0 Å². The lowest BCUT2D eigenvalue weighted by atomic mass is 10.2. The van der Waals surface area contributed by atoms with Crippen LogP contribution in [0.25, 0.3) is 31.3 Å². The molecule has 0 bridgehead atoms. The van der Waals surface area contributed by atoms with Gasteiger partial charge in [0.15, 0.2) is 11.5 Å². The second-order valence-corrected chi connectivity index (χ2v) is 16.0. The highest BCUT2D eigenvalue weighted by Crippen LogP contribution is 2.15. The van der Waals surface area contributed by atoms with Crippen molar-refractivity contribution in [1.29, 1.82) is 0 Å². The number of aromatic hydroxyl groups is 1. The van der Waals surface area contributed by atoms with Crippen molar-refractivity contribution in [3.05, 3.63) is 134 Å². The van der Waals surface area contributed by atoms with Crippen LogP contribution in [0.1, 0.15) is 11.3 Å². The van der Waals surface area contributed by atoms with Gasteiger partial charge in [0.1, 0.15) is 19.0 Å². The number of hydrogen-bond donors (Lipinski definition) is 1. The number of aryl methyl sites for hydroxylation is 2. The first kappa shape index (κ1) is 68.4. The highest BCUT2D eigenvalue weighted by atomic mass is 32.2. The summed E-state index contributed by atoms with van der Waals surface area (Å²) in [6.07, 6.45) is 4.36. The SMILES string of the molecule is Cc1ccc(S(=O)(=O)OCCOCCOCCOCCN=[N+]=[N-])cc1.Cc1ncccc1O.[N-]=[N+]=NCCOCCOCCOCCOc1cccnc1F.[N-]=[N+]=NCCOCCOCCOCCOc1cccnc1F. The van der Waals surface area contributed by atoms with Gasteiger partial charge < -0.3 is 57.2 Å². The molecule has 0 amide bonds. The fourth-order valence-corrected chi connectivity index (χ4v) is 5.80. The summed E-state index contributed by atoms with van der Waals surface area (Å²) in [5, 5.41) is 18.8. The third-order valence-corrected chi connectivity index (χ3v) is 9.93. The van der Waals surface area contributed by atoms with Crippen LogP contribution in [-0.4, -0.2) is 187 Å². The van der Waals surface area contributed by atoms with E-state index < -0.39 is 22.0 Å². The summed E-state index contributed by atoms with van der Waals surface area (Å²) in [6.45, 7) is 11.9. The standard InChI is InChI=1S/C15H23N3O6S.2C13H19FN4O4.C6H7NO/c1-14-2-4-15(5-3-14)25(19,20)24-13-12-23-11-10-22-9-8-21-7-6-17-18-16;2*14-13-12(2-1-3-16-13)22-11-10-21-9-8-20-7-6-19-5-4-17-18-15;1-5-6(8)3-2-4-7-5/h2-5H,6-13H2,1H3;2*1-3H,4-11H2;2-4,8H,1H3. The van der Waals surface area contributed by atoms with Crippen LogP contribution in [0.15, 0.2) is 99.5 Å². The third-order valence-electron chi connectivity index (χ3n) is 8.60. The Labute approximate surface area is 445 Å². The number of rotatable bonds is 40. The Kier molecular flexibility index (Phi) is 43.6. The number of pyridine rings is 3. The van der Waals surface area contributed by atoms with Crippen LogP contribution >= 0.6 is 0 Å². The Balaban J connectivity index is 0.000000538. The molecule has 4 rings (SSSR count). The molecular weight excluding hydrogens is 1040 g/mol. The number of ether oxygens (including phenoxy) is 11. The Morgan fingerprint density at radius 2 is 0.792 bits per heavy atom. The number of aromatic nitrogens is 3. The number of halogens is 2. The normalized spacial score (nSPS) is 10.4. The third kappa shape index (κ3) is 40.4. The summed E-state index contributed by atoms with van der Waals surface area (Å²) in [7, 11) is -3.75. The predicted octanol–water partition coefficient (Wildman–Crippen LogP) is 7.08. The fourth-order valence-electron chi connectivity index (χ4n) is 4.91. The maximum absolute atomic E-state index is 13.1. The Hall–Kier alpha value is -6.59.